The van der Waals surface area contributed by atoms with Gasteiger partial charge in [0.25, 0.3) is 5.91 Å². The number of nitrogens with two attached hydrogens (primary N) is 3. The van der Waals surface area contributed by atoms with Gasteiger partial charge in [-0.05, 0) is 18.4 Å². The Morgan fingerprint density at radius 1 is 1.32 bits per heavy atom. The topological polar surface area (TPSA) is 162 Å². The zero-order chi connectivity index (χ0) is 19.1. The summed E-state index contributed by atoms with van der Waals surface area (Å²) < 4.78 is 0. The van der Waals surface area contributed by atoms with Crippen LogP contribution in [-0.4, -0.2) is 32.8 Å². The molecule has 0 saturated carbocycles. The highest BCUT2D eigenvalue weighted by atomic mass is 32.1. The molecule has 0 radical (unpaired) electrons. The molecule has 0 saturated heterocycles. The van der Waals surface area contributed by atoms with Gasteiger partial charge in [0.2, 0.25) is 5.91 Å². The number of anilines is 2. The molecule has 8 N–H and O–H groups in total. The highest BCUT2D eigenvalue weighted by Gasteiger charge is 2.17. The molecule has 1 aromatic rings. The van der Waals surface area contributed by atoms with E-state index >= 15 is 0 Å². The maximum absolute atomic E-state index is 11.5. The van der Waals surface area contributed by atoms with Crippen LogP contribution >= 0.6 is 12.2 Å². The Kier molecular flexibility index (Phi) is 7.24. The molecule has 1 heterocycles. The highest BCUT2D eigenvalue weighted by molar-refractivity contribution is 7.81. The van der Waals surface area contributed by atoms with Gasteiger partial charge in [-0.15, -0.1) is 0 Å². The minimum absolute atomic E-state index is 0.0645. The highest BCUT2D eigenvalue weighted by Crippen LogP contribution is 2.15. The van der Waals surface area contributed by atoms with Gasteiger partial charge in [-0.1, -0.05) is 33.0 Å². The number of carbonyl (C=O) groups is 2. The lowest BCUT2D eigenvalue weighted by Gasteiger charge is -2.15. The Hall–Kier alpha value is -2.75. The lowest BCUT2D eigenvalue weighted by atomic mass is 10.1. The van der Waals surface area contributed by atoms with Gasteiger partial charge in [0.15, 0.2) is 11.5 Å². The van der Waals surface area contributed by atoms with Crippen molar-refractivity contribution in [2.75, 3.05) is 10.6 Å². The van der Waals surface area contributed by atoms with Gasteiger partial charge < -0.3 is 27.8 Å². The van der Waals surface area contributed by atoms with E-state index in [-0.39, 0.29) is 28.2 Å². The number of nitrogens with one attached hydrogen (secondary N) is 2. The first-order valence-electron chi connectivity index (χ1n) is 7.66. The lowest BCUT2D eigenvalue weighted by molar-refractivity contribution is -0.118. The third-order valence-electron chi connectivity index (χ3n) is 3.29. The van der Waals surface area contributed by atoms with Crippen molar-refractivity contribution in [2.24, 2.45) is 23.1 Å². The van der Waals surface area contributed by atoms with E-state index in [9.17, 15) is 9.59 Å². The molecule has 0 aliphatic carbocycles. The first kappa shape index (κ1) is 20.3. The average molecular weight is 365 g/mol. The number of primary amides is 2. The van der Waals surface area contributed by atoms with E-state index in [1.807, 2.05) is 13.8 Å². The molecule has 9 nitrogen and oxygen atoms in total. The van der Waals surface area contributed by atoms with Crippen molar-refractivity contribution in [3.8, 4) is 0 Å². The molecule has 0 aliphatic rings. The van der Waals surface area contributed by atoms with Gasteiger partial charge >= 0.3 is 0 Å². The predicted molar refractivity (Wildman–Crippen MR) is 101 cm³/mol. The maximum Gasteiger partial charge on any atom is 0.271 e. The van der Waals surface area contributed by atoms with Gasteiger partial charge in [-0.25, -0.2) is 9.97 Å². The minimum Gasteiger partial charge on any atom is -0.402 e. The van der Waals surface area contributed by atoms with Gasteiger partial charge in [0, 0.05) is 5.70 Å². The zero-order valence-electron chi connectivity index (χ0n) is 14.4. The van der Waals surface area contributed by atoms with Crippen molar-refractivity contribution in [1.82, 2.24) is 9.97 Å². The number of nitrogens with zero attached hydrogens (tertiary/aromatic N) is 2. The standard InChI is InChI=1S/C15H23N7O2S/c1-4-9(13(17)23)20-10-6-19-12(14(18)24)15(21-10)22-11(25)5-8(16)7(2)3/h5-7,9H,4,16H2,1-3H3,(H2,17,23)(H2,18,24)(H2,20,21,22,25)/b8-5-. The number of thiocarbonyl (C=S) groups is 1. The third kappa shape index (κ3) is 5.99. The quantitative estimate of drug-likeness (QED) is 0.328. The van der Waals surface area contributed by atoms with E-state index < -0.39 is 17.9 Å². The summed E-state index contributed by atoms with van der Waals surface area (Å²) in [6, 6.07) is -0.620. The Labute approximate surface area is 151 Å². The second-order valence-electron chi connectivity index (χ2n) is 5.61. The molecule has 1 rings (SSSR count). The molecular weight excluding hydrogens is 342 g/mol. The predicted octanol–water partition coefficient (Wildman–Crippen LogP) is 0.489. The summed E-state index contributed by atoms with van der Waals surface area (Å²) in [6.45, 7) is 5.63. The monoisotopic (exact) mass is 365 g/mol. The maximum atomic E-state index is 11.5. The lowest BCUT2D eigenvalue weighted by Crippen LogP contribution is -2.35. The molecule has 0 aromatic carbocycles. The molecule has 1 aromatic heterocycles. The van der Waals surface area contributed by atoms with Crippen LogP contribution in [0.25, 0.3) is 0 Å². The fourth-order valence-corrected chi connectivity index (χ4v) is 1.98. The minimum atomic E-state index is -0.771. The molecular formula is C15H23N7O2S. The average Bonchev–Trinajstić information content (AvgIpc) is 2.51. The summed E-state index contributed by atoms with van der Waals surface area (Å²) in [7, 11) is 0. The van der Waals surface area contributed by atoms with Crippen LogP contribution in [0, 0.1) is 5.92 Å². The van der Waals surface area contributed by atoms with Crippen molar-refractivity contribution in [2.45, 2.75) is 33.2 Å². The number of hydrogen-bond acceptors (Lipinski definition) is 7. The smallest absolute Gasteiger partial charge is 0.271 e. The summed E-state index contributed by atoms with van der Waals surface area (Å²) in [5, 5.41) is 5.63. The van der Waals surface area contributed by atoms with Crippen LogP contribution in [0.2, 0.25) is 0 Å². The largest absolute Gasteiger partial charge is 0.402 e. The van der Waals surface area contributed by atoms with Crippen LogP contribution < -0.4 is 27.8 Å². The Balaban J connectivity index is 3.12. The van der Waals surface area contributed by atoms with E-state index in [1.54, 1.807) is 13.0 Å². The van der Waals surface area contributed by atoms with Crippen LogP contribution in [0.15, 0.2) is 18.0 Å². The van der Waals surface area contributed by atoms with Crippen molar-refractivity contribution in [3.63, 3.8) is 0 Å². The van der Waals surface area contributed by atoms with Crippen molar-refractivity contribution in [1.29, 1.82) is 0 Å². The molecule has 136 valence electrons. The third-order valence-corrected chi connectivity index (χ3v) is 3.51. The number of rotatable bonds is 8. The number of aromatic nitrogens is 2. The fourth-order valence-electron chi connectivity index (χ4n) is 1.75. The van der Waals surface area contributed by atoms with Crippen molar-refractivity contribution >= 4 is 40.7 Å². The number of amides is 2. The van der Waals surface area contributed by atoms with Gasteiger partial charge in [-0.2, -0.15) is 0 Å². The summed E-state index contributed by atoms with van der Waals surface area (Å²) >= 11 is 5.19. The molecule has 0 spiro atoms. The molecule has 1 unspecified atom stereocenters. The fraction of sp³-hybridized carbons (Fsp3) is 0.400. The van der Waals surface area contributed by atoms with Crippen LogP contribution in [0.3, 0.4) is 0 Å². The second kappa shape index (κ2) is 8.92. The van der Waals surface area contributed by atoms with Gasteiger partial charge in [-0.3, -0.25) is 9.59 Å². The van der Waals surface area contributed by atoms with Gasteiger partial charge in [0.1, 0.15) is 16.8 Å². The van der Waals surface area contributed by atoms with E-state index in [2.05, 4.69) is 20.6 Å². The molecule has 2 amide bonds. The van der Waals surface area contributed by atoms with Crippen LogP contribution in [-0.2, 0) is 4.79 Å². The molecule has 0 fully saturated rings. The SMILES string of the molecule is CCC(Nc1cnc(C(N)=O)c(NC(=S)/C=C(\N)C(C)C)n1)C(N)=O. The number of allylic oxidation sites excluding steroid dienone is 1. The summed E-state index contributed by atoms with van der Waals surface area (Å²) in [5.41, 5.74) is 16.9. The van der Waals surface area contributed by atoms with E-state index in [1.165, 1.54) is 6.20 Å². The molecule has 25 heavy (non-hydrogen) atoms. The molecule has 10 heteroatoms. The first-order valence-corrected chi connectivity index (χ1v) is 8.07. The summed E-state index contributed by atoms with van der Waals surface area (Å²) in [6.07, 6.45) is 3.31. The van der Waals surface area contributed by atoms with E-state index in [0.29, 0.717) is 12.1 Å². The number of carbonyl (C=O) groups excluding carboxylic acids is 2. The summed E-state index contributed by atoms with van der Waals surface area (Å²) in [4.78, 5) is 31.3. The van der Waals surface area contributed by atoms with Crippen LogP contribution in [0.5, 0.6) is 0 Å². The Morgan fingerprint density at radius 2 is 1.96 bits per heavy atom. The zero-order valence-corrected chi connectivity index (χ0v) is 15.2. The van der Waals surface area contributed by atoms with E-state index in [0.717, 1.165) is 0 Å². The molecule has 0 aliphatic heterocycles. The number of hydrogen-bond donors (Lipinski definition) is 5. The molecule has 1 atom stereocenters. The Morgan fingerprint density at radius 3 is 2.44 bits per heavy atom. The van der Waals surface area contributed by atoms with Crippen molar-refractivity contribution in [3.05, 3.63) is 23.7 Å². The first-order chi connectivity index (χ1) is 11.6. The Bertz CT molecular complexity index is 703. The van der Waals surface area contributed by atoms with Gasteiger partial charge in [0.05, 0.1) is 6.20 Å². The van der Waals surface area contributed by atoms with Crippen LogP contribution in [0.4, 0.5) is 11.6 Å². The second-order valence-corrected chi connectivity index (χ2v) is 6.05. The van der Waals surface area contributed by atoms with E-state index in [4.69, 9.17) is 29.4 Å². The van der Waals surface area contributed by atoms with Crippen molar-refractivity contribution < 1.29 is 9.59 Å². The molecule has 0 bridgehead atoms. The summed E-state index contributed by atoms with van der Waals surface area (Å²) in [5.74, 6) is -0.875. The van der Waals surface area contributed by atoms with Crippen LogP contribution in [0.1, 0.15) is 37.7 Å². The normalized spacial score (nSPS) is 12.6.